The molecule has 1 amide bonds. The molecule has 1 aliphatic heterocycles. The zero-order valence-corrected chi connectivity index (χ0v) is 19.4. The first-order valence-corrected chi connectivity index (χ1v) is 11.1. The molecule has 10 heteroatoms. The Balaban J connectivity index is 0.000000234. The standard InChI is InChI=1S/C20H20N2O4.C5H4N4/c1-10(2)12-7-8-13-16(9-12)26-20(25)14-5-4-6-15(21)17(14)18(24)19(13,20)22-11(3)23;1-2-4-9-5(3-1)6-7-8-9/h4-10,25H,21H2,1-3H3,(H,22,23);1-4H. The molecule has 0 bridgehead atoms. The molecule has 2 unspecified atom stereocenters. The summed E-state index contributed by atoms with van der Waals surface area (Å²) in [6.07, 6.45) is 1.80. The molecule has 178 valence electrons. The predicted molar refractivity (Wildman–Crippen MR) is 127 cm³/mol. The van der Waals surface area contributed by atoms with Crippen molar-refractivity contribution in [3.05, 3.63) is 83.0 Å². The number of nitrogens with two attached hydrogens (primary N) is 1. The van der Waals surface area contributed by atoms with Gasteiger partial charge in [-0.05, 0) is 46.2 Å². The number of nitrogen functional groups attached to an aromatic ring is 1. The first-order chi connectivity index (χ1) is 16.7. The van der Waals surface area contributed by atoms with Gasteiger partial charge in [0.25, 0.3) is 5.79 Å². The first-order valence-electron chi connectivity index (χ1n) is 11.1. The van der Waals surface area contributed by atoms with Crippen LogP contribution in [0.4, 0.5) is 5.69 Å². The summed E-state index contributed by atoms with van der Waals surface area (Å²) in [5.74, 6) is -2.34. The minimum atomic E-state index is -2.04. The second-order valence-electron chi connectivity index (χ2n) is 8.87. The zero-order valence-electron chi connectivity index (χ0n) is 19.4. The highest BCUT2D eigenvalue weighted by atomic mass is 16.6. The van der Waals surface area contributed by atoms with Crippen LogP contribution < -0.4 is 15.8 Å². The molecule has 4 aromatic rings. The number of aliphatic hydroxyl groups is 1. The van der Waals surface area contributed by atoms with E-state index in [1.807, 2.05) is 38.1 Å². The van der Waals surface area contributed by atoms with E-state index in [0.29, 0.717) is 11.3 Å². The number of hydrogen-bond acceptors (Lipinski definition) is 8. The highest BCUT2D eigenvalue weighted by molar-refractivity contribution is 6.15. The monoisotopic (exact) mass is 472 g/mol. The number of fused-ring (bicyclic) bond motifs is 6. The number of amides is 1. The average Bonchev–Trinajstić information content (AvgIpc) is 3.44. The molecule has 2 aliphatic rings. The molecule has 2 atom stereocenters. The van der Waals surface area contributed by atoms with Crippen molar-refractivity contribution in [3.8, 4) is 5.75 Å². The number of tetrazole rings is 1. The Kier molecular flexibility index (Phi) is 5.06. The normalized spacial score (nSPS) is 21.6. The van der Waals surface area contributed by atoms with Crippen LogP contribution in [0.5, 0.6) is 5.75 Å². The second-order valence-corrected chi connectivity index (χ2v) is 8.87. The van der Waals surface area contributed by atoms with Gasteiger partial charge in [-0.25, -0.2) is 4.52 Å². The van der Waals surface area contributed by atoms with Crippen molar-refractivity contribution in [1.82, 2.24) is 25.4 Å². The lowest BCUT2D eigenvalue weighted by Gasteiger charge is -2.34. The maximum absolute atomic E-state index is 13.4. The van der Waals surface area contributed by atoms with Crippen molar-refractivity contribution in [2.45, 2.75) is 38.0 Å². The van der Waals surface area contributed by atoms with E-state index in [9.17, 15) is 14.7 Å². The number of carbonyl (C=O) groups is 2. The summed E-state index contributed by atoms with van der Waals surface area (Å²) in [5.41, 5.74) is 7.15. The highest BCUT2D eigenvalue weighted by Gasteiger charge is 2.71. The lowest BCUT2D eigenvalue weighted by atomic mass is 9.82. The van der Waals surface area contributed by atoms with Gasteiger partial charge in [-0.3, -0.25) is 9.59 Å². The van der Waals surface area contributed by atoms with Crippen LogP contribution in [0.1, 0.15) is 53.7 Å². The molecular weight excluding hydrogens is 448 g/mol. The molecule has 35 heavy (non-hydrogen) atoms. The minimum absolute atomic E-state index is 0.183. The van der Waals surface area contributed by atoms with Crippen LogP contribution in [0.3, 0.4) is 0 Å². The summed E-state index contributed by atoms with van der Waals surface area (Å²) in [7, 11) is 0. The number of aromatic nitrogens is 4. The Bertz CT molecular complexity index is 1450. The van der Waals surface area contributed by atoms with Crippen LogP contribution in [0, 0.1) is 0 Å². The fraction of sp³-hybridized carbons (Fsp3) is 0.240. The lowest BCUT2D eigenvalue weighted by molar-refractivity contribution is -0.175. The van der Waals surface area contributed by atoms with Crippen molar-refractivity contribution in [1.29, 1.82) is 0 Å². The zero-order chi connectivity index (χ0) is 25.0. The van der Waals surface area contributed by atoms with E-state index in [2.05, 4.69) is 20.8 Å². The SMILES string of the molecule is CC(=O)NC12C(=O)c3c(N)cccc3C1(O)Oc1cc(C(C)C)ccc12.c1ccn2nnnc2c1. The maximum atomic E-state index is 13.4. The van der Waals surface area contributed by atoms with Crippen LogP contribution >= 0.6 is 0 Å². The Morgan fingerprint density at radius 2 is 1.94 bits per heavy atom. The number of hydrogen-bond donors (Lipinski definition) is 3. The van der Waals surface area contributed by atoms with Crippen LogP contribution in [-0.4, -0.2) is 36.8 Å². The van der Waals surface area contributed by atoms with Crippen LogP contribution in [-0.2, 0) is 16.1 Å². The summed E-state index contributed by atoms with van der Waals surface area (Å²) in [4.78, 5) is 25.4. The predicted octanol–water partition coefficient (Wildman–Crippen LogP) is 2.28. The molecular formula is C25H24N6O4. The minimum Gasteiger partial charge on any atom is -0.454 e. The Hall–Kier alpha value is -4.31. The third-order valence-corrected chi connectivity index (χ3v) is 6.34. The average molecular weight is 473 g/mol. The van der Waals surface area contributed by atoms with E-state index < -0.39 is 23.0 Å². The van der Waals surface area contributed by atoms with Crippen molar-refractivity contribution in [2.24, 2.45) is 0 Å². The number of ether oxygens (including phenoxy) is 1. The van der Waals surface area contributed by atoms with Crippen LogP contribution in [0.2, 0.25) is 0 Å². The van der Waals surface area contributed by atoms with E-state index in [-0.39, 0.29) is 22.7 Å². The molecule has 0 saturated heterocycles. The summed E-state index contributed by atoms with van der Waals surface area (Å²) in [5, 5.41) is 25.0. The van der Waals surface area contributed by atoms with E-state index in [1.165, 1.54) is 6.92 Å². The first kappa shape index (κ1) is 22.5. The summed E-state index contributed by atoms with van der Waals surface area (Å²) < 4.78 is 7.54. The lowest BCUT2D eigenvalue weighted by Crippen LogP contribution is -2.59. The quantitative estimate of drug-likeness (QED) is 0.377. The third kappa shape index (κ3) is 3.17. The van der Waals surface area contributed by atoms with Crippen molar-refractivity contribution >= 4 is 23.0 Å². The molecule has 2 aromatic heterocycles. The summed E-state index contributed by atoms with van der Waals surface area (Å²) >= 11 is 0. The van der Waals surface area contributed by atoms with Gasteiger partial charge < -0.3 is 20.9 Å². The number of pyridine rings is 1. The van der Waals surface area contributed by atoms with Gasteiger partial charge in [0.15, 0.2) is 5.65 Å². The highest BCUT2D eigenvalue weighted by Crippen LogP contribution is 2.59. The van der Waals surface area contributed by atoms with Crippen molar-refractivity contribution < 1.29 is 19.4 Å². The molecule has 0 spiro atoms. The largest absolute Gasteiger partial charge is 0.454 e. The number of Topliss-reactive ketones (excluding diaryl/α,β-unsaturated/α-hetero) is 1. The van der Waals surface area contributed by atoms with Crippen molar-refractivity contribution in [3.63, 3.8) is 0 Å². The van der Waals surface area contributed by atoms with E-state index in [1.54, 1.807) is 41.0 Å². The molecule has 4 N–H and O–H groups in total. The number of rotatable bonds is 2. The van der Waals surface area contributed by atoms with Gasteiger partial charge in [0.1, 0.15) is 5.75 Å². The number of anilines is 1. The van der Waals surface area contributed by atoms with E-state index in [0.717, 1.165) is 11.2 Å². The Morgan fingerprint density at radius 3 is 2.66 bits per heavy atom. The third-order valence-electron chi connectivity index (χ3n) is 6.34. The molecule has 10 nitrogen and oxygen atoms in total. The van der Waals surface area contributed by atoms with Gasteiger partial charge >= 0.3 is 0 Å². The number of nitrogens with zero attached hydrogens (tertiary/aromatic N) is 4. The van der Waals surface area contributed by atoms with E-state index in [4.69, 9.17) is 10.5 Å². The molecule has 0 saturated carbocycles. The van der Waals surface area contributed by atoms with Crippen molar-refractivity contribution in [2.75, 3.05) is 5.73 Å². The molecule has 3 heterocycles. The fourth-order valence-corrected chi connectivity index (χ4v) is 4.70. The number of nitrogens with one attached hydrogen (secondary N) is 1. The molecule has 6 rings (SSSR count). The summed E-state index contributed by atoms with van der Waals surface area (Å²) in [6, 6.07) is 15.9. The molecule has 0 radical (unpaired) electrons. The molecule has 2 aromatic carbocycles. The Morgan fingerprint density at radius 1 is 1.14 bits per heavy atom. The maximum Gasteiger partial charge on any atom is 0.271 e. The van der Waals surface area contributed by atoms with Gasteiger partial charge in [-0.2, -0.15) is 0 Å². The second kappa shape index (κ2) is 7.88. The van der Waals surface area contributed by atoms with Gasteiger partial charge in [0.2, 0.25) is 17.2 Å². The van der Waals surface area contributed by atoms with Gasteiger partial charge in [-0.1, -0.05) is 44.2 Å². The number of ketones is 1. The number of benzene rings is 2. The molecule has 1 aliphatic carbocycles. The smallest absolute Gasteiger partial charge is 0.271 e. The van der Waals surface area contributed by atoms with Crippen LogP contribution in [0.15, 0.2) is 60.8 Å². The topological polar surface area (TPSA) is 145 Å². The van der Waals surface area contributed by atoms with Gasteiger partial charge in [0, 0.05) is 29.9 Å². The Labute approximate surface area is 200 Å². The summed E-state index contributed by atoms with van der Waals surface area (Å²) in [6.45, 7) is 5.38. The van der Waals surface area contributed by atoms with Crippen LogP contribution in [0.25, 0.3) is 5.65 Å². The van der Waals surface area contributed by atoms with E-state index >= 15 is 0 Å². The van der Waals surface area contributed by atoms with Gasteiger partial charge in [0.05, 0.1) is 5.56 Å². The van der Waals surface area contributed by atoms with Gasteiger partial charge in [-0.15, -0.1) is 5.10 Å². The number of carbonyl (C=O) groups excluding carboxylic acids is 2. The molecule has 0 fully saturated rings. The fourth-order valence-electron chi connectivity index (χ4n) is 4.70.